The Balaban J connectivity index is 2.94. The lowest BCUT2D eigenvalue weighted by Gasteiger charge is -2.29. The van der Waals surface area contributed by atoms with Crippen molar-refractivity contribution in [2.24, 2.45) is 0 Å². The fourth-order valence-corrected chi connectivity index (χ4v) is 2.52. The van der Waals surface area contributed by atoms with Crippen molar-refractivity contribution in [2.75, 3.05) is 13.7 Å². The van der Waals surface area contributed by atoms with Gasteiger partial charge in [0.05, 0.1) is 19.2 Å². The summed E-state index contributed by atoms with van der Waals surface area (Å²) in [5.74, 6) is -0.858. The van der Waals surface area contributed by atoms with E-state index in [0.29, 0.717) is 12.8 Å². The lowest BCUT2D eigenvalue weighted by molar-refractivity contribution is -0.147. The van der Waals surface area contributed by atoms with E-state index in [9.17, 15) is 14.4 Å². The van der Waals surface area contributed by atoms with Crippen LogP contribution in [-0.4, -0.2) is 54.8 Å². The first-order valence-electron chi connectivity index (χ1n) is 6.68. The van der Waals surface area contributed by atoms with Crippen molar-refractivity contribution in [1.29, 1.82) is 0 Å². The van der Waals surface area contributed by atoms with Gasteiger partial charge in [0, 0.05) is 20.3 Å². The number of likely N-dealkylation sites (tertiary alicyclic amines) is 1. The Morgan fingerprint density at radius 3 is 2.43 bits per heavy atom. The second-order valence-electron chi connectivity index (χ2n) is 4.81. The molecule has 0 aliphatic carbocycles. The fourth-order valence-electron chi connectivity index (χ4n) is 2.52. The van der Waals surface area contributed by atoms with Crippen molar-refractivity contribution in [2.45, 2.75) is 44.9 Å². The average molecular weight is 299 g/mol. The van der Waals surface area contributed by atoms with Crippen molar-refractivity contribution in [3.05, 3.63) is 12.7 Å². The van der Waals surface area contributed by atoms with Gasteiger partial charge in [-0.15, -0.1) is 6.58 Å². The Morgan fingerprint density at radius 2 is 1.95 bits per heavy atom. The highest BCUT2D eigenvalue weighted by molar-refractivity contribution is 5.70. The van der Waals surface area contributed by atoms with Gasteiger partial charge in [0.15, 0.2) is 0 Å². The summed E-state index contributed by atoms with van der Waals surface area (Å²) in [5.41, 5.74) is 0. The topological polar surface area (TPSA) is 82.1 Å². The third kappa shape index (κ3) is 4.47. The molecule has 1 aliphatic rings. The standard InChI is InChI=1S/C14H21NO6/c1-5-6-12-13(21-10(3)17)7-11(8-20-9(2)16)15(12)14(18)19-4/h5,11-13H,1,6-8H2,2-4H3. The molecule has 1 heterocycles. The van der Waals surface area contributed by atoms with E-state index >= 15 is 0 Å². The van der Waals surface area contributed by atoms with Crippen LogP contribution in [0.3, 0.4) is 0 Å². The van der Waals surface area contributed by atoms with E-state index < -0.39 is 30.2 Å². The highest BCUT2D eigenvalue weighted by Crippen LogP contribution is 2.30. The van der Waals surface area contributed by atoms with Gasteiger partial charge in [-0.3, -0.25) is 14.5 Å². The number of hydrogen-bond acceptors (Lipinski definition) is 6. The SMILES string of the molecule is C=CCC1C(OC(C)=O)CC(COC(C)=O)N1C(=O)OC. The summed E-state index contributed by atoms with van der Waals surface area (Å²) in [5, 5.41) is 0. The molecule has 21 heavy (non-hydrogen) atoms. The number of carbonyl (C=O) groups excluding carboxylic acids is 3. The van der Waals surface area contributed by atoms with Crippen molar-refractivity contribution < 1.29 is 28.6 Å². The molecule has 3 unspecified atom stereocenters. The number of rotatable bonds is 5. The number of esters is 2. The van der Waals surface area contributed by atoms with Crippen LogP contribution in [-0.2, 0) is 23.8 Å². The predicted molar refractivity (Wildman–Crippen MR) is 73.4 cm³/mol. The van der Waals surface area contributed by atoms with Gasteiger partial charge >= 0.3 is 18.0 Å². The first kappa shape index (κ1) is 17.0. The number of amides is 1. The molecule has 1 amide bonds. The maximum Gasteiger partial charge on any atom is 0.410 e. The number of hydrogen-bond donors (Lipinski definition) is 0. The molecular formula is C14H21NO6. The number of nitrogens with zero attached hydrogens (tertiary/aromatic N) is 1. The summed E-state index contributed by atoms with van der Waals surface area (Å²) < 4.78 is 15.0. The first-order valence-corrected chi connectivity index (χ1v) is 6.68. The third-order valence-corrected chi connectivity index (χ3v) is 3.27. The van der Waals surface area contributed by atoms with Crippen LogP contribution in [0.4, 0.5) is 4.79 Å². The summed E-state index contributed by atoms with van der Waals surface area (Å²) in [6.45, 7) is 6.30. The molecule has 0 aromatic carbocycles. The van der Waals surface area contributed by atoms with E-state index in [4.69, 9.17) is 14.2 Å². The van der Waals surface area contributed by atoms with Crippen LogP contribution in [0.25, 0.3) is 0 Å². The quantitative estimate of drug-likeness (QED) is 0.432. The van der Waals surface area contributed by atoms with Crippen molar-refractivity contribution >= 4 is 18.0 Å². The second-order valence-corrected chi connectivity index (χ2v) is 4.81. The molecule has 0 aromatic rings. The second kappa shape index (κ2) is 7.66. The molecule has 0 aromatic heterocycles. The third-order valence-electron chi connectivity index (χ3n) is 3.27. The molecule has 1 saturated heterocycles. The van der Waals surface area contributed by atoms with Crippen LogP contribution in [0.15, 0.2) is 12.7 Å². The zero-order chi connectivity index (χ0) is 16.0. The van der Waals surface area contributed by atoms with Gasteiger partial charge in [-0.05, 0) is 6.42 Å². The summed E-state index contributed by atoms with van der Waals surface area (Å²) in [6, 6.07) is -0.768. The summed E-state index contributed by atoms with van der Waals surface area (Å²) in [7, 11) is 1.27. The Labute approximate surface area is 123 Å². The van der Waals surface area contributed by atoms with E-state index in [2.05, 4.69) is 6.58 Å². The molecule has 7 heteroatoms. The van der Waals surface area contributed by atoms with Crippen molar-refractivity contribution in [3.8, 4) is 0 Å². The normalized spacial score (nSPS) is 24.3. The molecule has 1 rings (SSSR count). The molecule has 0 radical (unpaired) electrons. The highest BCUT2D eigenvalue weighted by Gasteiger charge is 2.46. The van der Waals surface area contributed by atoms with Crippen LogP contribution in [0.2, 0.25) is 0 Å². The predicted octanol–water partition coefficient (Wildman–Crippen LogP) is 1.27. The minimum absolute atomic E-state index is 0.0375. The average Bonchev–Trinajstić information content (AvgIpc) is 2.73. The zero-order valence-electron chi connectivity index (χ0n) is 12.5. The summed E-state index contributed by atoms with van der Waals surface area (Å²) in [6.07, 6.45) is 1.46. The van der Waals surface area contributed by atoms with E-state index in [1.165, 1.54) is 25.9 Å². The van der Waals surface area contributed by atoms with Gasteiger partial charge in [-0.2, -0.15) is 0 Å². The van der Waals surface area contributed by atoms with Gasteiger partial charge in [-0.25, -0.2) is 4.79 Å². The Morgan fingerprint density at radius 1 is 1.29 bits per heavy atom. The highest BCUT2D eigenvalue weighted by atomic mass is 16.6. The smallest absolute Gasteiger partial charge is 0.410 e. The molecule has 0 bridgehead atoms. The van der Waals surface area contributed by atoms with Crippen molar-refractivity contribution in [1.82, 2.24) is 4.90 Å². The van der Waals surface area contributed by atoms with E-state index in [1.807, 2.05) is 0 Å². The minimum atomic E-state index is -0.548. The molecule has 0 spiro atoms. The largest absolute Gasteiger partial charge is 0.464 e. The molecule has 3 atom stereocenters. The molecule has 1 fully saturated rings. The van der Waals surface area contributed by atoms with Gasteiger partial charge in [-0.1, -0.05) is 6.08 Å². The Hall–Kier alpha value is -2.05. The van der Waals surface area contributed by atoms with E-state index in [-0.39, 0.29) is 12.6 Å². The Kier molecular flexibility index (Phi) is 6.20. The lowest BCUT2D eigenvalue weighted by atomic mass is 10.1. The number of ether oxygens (including phenoxy) is 3. The zero-order valence-corrected chi connectivity index (χ0v) is 12.5. The molecule has 0 N–H and O–H groups in total. The van der Waals surface area contributed by atoms with Gasteiger partial charge in [0.2, 0.25) is 0 Å². The lowest BCUT2D eigenvalue weighted by Crippen LogP contribution is -2.45. The number of carbonyl (C=O) groups is 3. The van der Waals surface area contributed by atoms with Crippen LogP contribution >= 0.6 is 0 Å². The van der Waals surface area contributed by atoms with Gasteiger partial charge in [0.25, 0.3) is 0 Å². The molecule has 1 aliphatic heterocycles. The van der Waals surface area contributed by atoms with Crippen LogP contribution < -0.4 is 0 Å². The fraction of sp³-hybridized carbons (Fsp3) is 0.643. The minimum Gasteiger partial charge on any atom is -0.464 e. The number of methoxy groups -OCH3 is 1. The van der Waals surface area contributed by atoms with Gasteiger partial charge < -0.3 is 14.2 Å². The molecular weight excluding hydrogens is 278 g/mol. The summed E-state index contributed by atoms with van der Waals surface area (Å²) in [4.78, 5) is 35.6. The molecule has 118 valence electrons. The maximum absolute atomic E-state index is 12.0. The maximum atomic E-state index is 12.0. The molecule has 7 nitrogen and oxygen atoms in total. The van der Waals surface area contributed by atoms with E-state index in [1.54, 1.807) is 6.08 Å². The monoisotopic (exact) mass is 299 g/mol. The van der Waals surface area contributed by atoms with Crippen LogP contribution in [0.1, 0.15) is 26.7 Å². The molecule has 0 saturated carbocycles. The van der Waals surface area contributed by atoms with Crippen LogP contribution in [0.5, 0.6) is 0 Å². The van der Waals surface area contributed by atoms with Crippen molar-refractivity contribution in [3.63, 3.8) is 0 Å². The summed E-state index contributed by atoms with van der Waals surface area (Å²) >= 11 is 0. The first-order chi connectivity index (χ1) is 9.90. The van der Waals surface area contributed by atoms with Crippen LogP contribution in [0, 0.1) is 0 Å². The Bertz CT molecular complexity index is 422. The van der Waals surface area contributed by atoms with Gasteiger partial charge in [0.1, 0.15) is 12.7 Å². The van der Waals surface area contributed by atoms with E-state index in [0.717, 1.165) is 0 Å².